The number of amides is 1. The molecule has 6 heteroatoms. The molecule has 28 heavy (non-hydrogen) atoms. The van der Waals surface area contributed by atoms with Gasteiger partial charge in [-0.25, -0.2) is 4.68 Å². The maximum Gasteiger partial charge on any atom is 0.255 e. The first-order valence-corrected chi connectivity index (χ1v) is 9.27. The summed E-state index contributed by atoms with van der Waals surface area (Å²) in [6.07, 6.45) is 6.27. The monoisotopic (exact) mass is 371 g/mol. The van der Waals surface area contributed by atoms with Crippen molar-refractivity contribution in [3.8, 4) is 16.9 Å². The molecule has 0 saturated carbocycles. The molecular weight excluding hydrogens is 350 g/mol. The van der Waals surface area contributed by atoms with Crippen LogP contribution in [-0.2, 0) is 6.54 Å². The van der Waals surface area contributed by atoms with E-state index in [1.54, 1.807) is 17.1 Å². The zero-order chi connectivity index (χ0) is 19.2. The summed E-state index contributed by atoms with van der Waals surface area (Å²) in [5.74, 6) is -0.124. The normalized spacial score (nSPS) is 10.7. The summed E-state index contributed by atoms with van der Waals surface area (Å²) < 4.78 is 3.61. The van der Waals surface area contributed by atoms with Crippen molar-refractivity contribution < 1.29 is 4.79 Å². The molecular formula is C22H21N5O. The third-order valence-corrected chi connectivity index (χ3v) is 4.44. The highest BCUT2D eigenvalue weighted by atomic mass is 16.1. The standard InChI is InChI=1S/C22H21N5O/c28-22(23-13-7-15-26-16-8-14-24-26)20-17-27(19-11-5-2-6-12-19)25-21(20)18-9-3-1-4-10-18/h1-6,8-12,14,16-17H,7,13,15H2,(H,23,28). The molecule has 0 aliphatic heterocycles. The van der Waals surface area contributed by atoms with Crippen molar-refractivity contribution in [1.29, 1.82) is 0 Å². The third kappa shape index (κ3) is 4.01. The fraction of sp³-hybridized carbons (Fsp3) is 0.136. The number of aryl methyl sites for hydroxylation is 1. The van der Waals surface area contributed by atoms with E-state index >= 15 is 0 Å². The Morgan fingerprint density at radius 1 is 0.964 bits per heavy atom. The number of hydrogen-bond donors (Lipinski definition) is 1. The van der Waals surface area contributed by atoms with Crippen molar-refractivity contribution >= 4 is 5.91 Å². The van der Waals surface area contributed by atoms with E-state index in [0.29, 0.717) is 17.8 Å². The van der Waals surface area contributed by atoms with Crippen LogP contribution in [0.3, 0.4) is 0 Å². The quantitative estimate of drug-likeness (QED) is 0.505. The van der Waals surface area contributed by atoms with Crippen LogP contribution in [0.2, 0.25) is 0 Å². The molecule has 140 valence electrons. The van der Waals surface area contributed by atoms with E-state index in [2.05, 4.69) is 15.5 Å². The molecule has 0 aliphatic carbocycles. The second-order valence-electron chi connectivity index (χ2n) is 6.42. The number of carbonyl (C=O) groups is 1. The molecule has 6 nitrogen and oxygen atoms in total. The number of nitrogens with one attached hydrogen (secondary N) is 1. The summed E-state index contributed by atoms with van der Waals surface area (Å²) in [5.41, 5.74) is 3.07. The van der Waals surface area contributed by atoms with E-state index in [9.17, 15) is 4.79 Å². The number of carbonyl (C=O) groups excluding carboxylic acids is 1. The Labute approximate surface area is 163 Å². The smallest absolute Gasteiger partial charge is 0.255 e. The molecule has 2 aromatic carbocycles. The minimum Gasteiger partial charge on any atom is -0.352 e. The molecule has 0 bridgehead atoms. The minimum absolute atomic E-state index is 0.124. The topological polar surface area (TPSA) is 64.7 Å². The van der Waals surface area contributed by atoms with Crippen molar-refractivity contribution in [2.45, 2.75) is 13.0 Å². The van der Waals surface area contributed by atoms with Gasteiger partial charge in [-0.1, -0.05) is 48.5 Å². The maximum atomic E-state index is 12.9. The average Bonchev–Trinajstić information content (AvgIpc) is 3.42. The molecule has 2 heterocycles. The highest BCUT2D eigenvalue weighted by molar-refractivity contribution is 5.99. The van der Waals surface area contributed by atoms with E-state index in [-0.39, 0.29) is 5.91 Å². The molecule has 0 saturated heterocycles. The fourth-order valence-electron chi connectivity index (χ4n) is 3.03. The first-order valence-electron chi connectivity index (χ1n) is 9.27. The molecule has 1 amide bonds. The van der Waals surface area contributed by atoms with Crippen LogP contribution in [0.4, 0.5) is 0 Å². The van der Waals surface area contributed by atoms with Crippen molar-refractivity contribution in [3.05, 3.63) is 90.9 Å². The second-order valence-corrected chi connectivity index (χ2v) is 6.42. The van der Waals surface area contributed by atoms with Gasteiger partial charge in [-0.3, -0.25) is 9.48 Å². The fourth-order valence-corrected chi connectivity index (χ4v) is 3.03. The number of hydrogen-bond acceptors (Lipinski definition) is 3. The second kappa shape index (κ2) is 8.35. The SMILES string of the molecule is O=C(NCCCn1cccn1)c1cn(-c2ccccc2)nc1-c1ccccc1. The molecule has 1 N–H and O–H groups in total. The summed E-state index contributed by atoms with van der Waals surface area (Å²) in [6.45, 7) is 1.34. The first-order chi connectivity index (χ1) is 13.8. The van der Waals surface area contributed by atoms with Gasteiger partial charge in [-0.05, 0) is 24.6 Å². The summed E-state index contributed by atoms with van der Waals surface area (Å²) in [7, 11) is 0. The summed E-state index contributed by atoms with van der Waals surface area (Å²) >= 11 is 0. The molecule has 0 atom stereocenters. The molecule has 4 rings (SSSR count). The summed E-state index contributed by atoms with van der Waals surface area (Å²) in [5, 5.41) is 11.9. The number of nitrogens with zero attached hydrogens (tertiary/aromatic N) is 4. The van der Waals surface area contributed by atoms with Gasteiger partial charge >= 0.3 is 0 Å². The minimum atomic E-state index is -0.124. The molecule has 0 unspecified atom stereocenters. The maximum absolute atomic E-state index is 12.9. The van der Waals surface area contributed by atoms with Crippen LogP contribution < -0.4 is 5.32 Å². The van der Waals surface area contributed by atoms with Crippen LogP contribution in [0.15, 0.2) is 85.3 Å². The van der Waals surface area contributed by atoms with Gasteiger partial charge in [0.1, 0.15) is 5.69 Å². The highest BCUT2D eigenvalue weighted by Crippen LogP contribution is 2.23. The molecule has 0 radical (unpaired) electrons. The van der Waals surface area contributed by atoms with Gasteiger partial charge in [-0.2, -0.15) is 10.2 Å². The number of para-hydroxylation sites is 1. The lowest BCUT2D eigenvalue weighted by Crippen LogP contribution is -2.25. The zero-order valence-electron chi connectivity index (χ0n) is 15.4. The van der Waals surface area contributed by atoms with E-state index in [1.807, 2.05) is 77.6 Å². The first kappa shape index (κ1) is 17.7. The Hall–Kier alpha value is -3.67. The van der Waals surface area contributed by atoms with Crippen LogP contribution in [0, 0.1) is 0 Å². The zero-order valence-corrected chi connectivity index (χ0v) is 15.4. The lowest BCUT2D eigenvalue weighted by atomic mass is 10.1. The summed E-state index contributed by atoms with van der Waals surface area (Å²) in [6, 6.07) is 21.5. The van der Waals surface area contributed by atoms with Crippen LogP contribution >= 0.6 is 0 Å². The highest BCUT2D eigenvalue weighted by Gasteiger charge is 2.18. The van der Waals surface area contributed by atoms with Gasteiger partial charge in [0.25, 0.3) is 5.91 Å². The van der Waals surface area contributed by atoms with Crippen LogP contribution in [0.1, 0.15) is 16.8 Å². The van der Waals surface area contributed by atoms with Crippen LogP contribution in [0.5, 0.6) is 0 Å². The van der Waals surface area contributed by atoms with E-state index in [0.717, 1.165) is 24.2 Å². The van der Waals surface area contributed by atoms with Crippen LogP contribution in [0.25, 0.3) is 16.9 Å². The number of aromatic nitrogens is 4. The summed E-state index contributed by atoms with van der Waals surface area (Å²) in [4.78, 5) is 12.9. The Bertz CT molecular complexity index is 1020. The largest absolute Gasteiger partial charge is 0.352 e. The molecule has 0 aliphatic rings. The predicted octanol–water partition coefficient (Wildman–Crippen LogP) is 3.56. The van der Waals surface area contributed by atoms with Gasteiger partial charge in [0.2, 0.25) is 0 Å². The average molecular weight is 371 g/mol. The van der Waals surface area contributed by atoms with Gasteiger partial charge in [0.15, 0.2) is 0 Å². The van der Waals surface area contributed by atoms with Crippen LogP contribution in [-0.4, -0.2) is 32.0 Å². The number of rotatable bonds is 7. The number of benzene rings is 2. The van der Waals surface area contributed by atoms with E-state index in [4.69, 9.17) is 0 Å². The van der Waals surface area contributed by atoms with Gasteiger partial charge in [0, 0.05) is 37.2 Å². The third-order valence-electron chi connectivity index (χ3n) is 4.44. The van der Waals surface area contributed by atoms with Crippen molar-refractivity contribution in [1.82, 2.24) is 24.9 Å². The Morgan fingerprint density at radius 2 is 1.71 bits per heavy atom. The lowest BCUT2D eigenvalue weighted by Gasteiger charge is -2.06. The molecule has 2 aromatic heterocycles. The Kier molecular flexibility index (Phi) is 5.29. The molecule has 0 spiro atoms. The van der Waals surface area contributed by atoms with E-state index in [1.165, 1.54) is 0 Å². The lowest BCUT2D eigenvalue weighted by molar-refractivity contribution is 0.0953. The predicted molar refractivity (Wildman–Crippen MR) is 108 cm³/mol. The van der Waals surface area contributed by atoms with Crippen molar-refractivity contribution in [2.24, 2.45) is 0 Å². The van der Waals surface area contributed by atoms with Crippen molar-refractivity contribution in [3.63, 3.8) is 0 Å². The Morgan fingerprint density at radius 3 is 2.43 bits per heavy atom. The molecule has 4 aromatic rings. The van der Waals surface area contributed by atoms with Gasteiger partial charge in [0.05, 0.1) is 11.3 Å². The van der Waals surface area contributed by atoms with E-state index < -0.39 is 0 Å². The van der Waals surface area contributed by atoms with Crippen molar-refractivity contribution in [2.75, 3.05) is 6.54 Å². The molecule has 0 fully saturated rings. The van der Waals surface area contributed by atoms with Gasteiger partial charge in [-0.15, -0.1) is 0 Å². The van der Waals surface area contributed by atoms with Gasteiger partial charge < -0.3 is 5.32 Å². The Balaban J connectivity index is 1.54.